The van der Waals surface area contributed by atoms with Crippen molar-refractivity contribution in [2.45, 2.75) is 38.1 Å². The van der Waals surface area contributed by atoms with Gasteiger partial charge in [-0.3, -0.25) is 30.5 Å². The van der Waals surface area contributed by atoms with Crippen LogP contribution in [0.1, 0.15) is 30.4 Å². The second kappa shape index (κ2) is 17.7. The van der Waals surface area contributed by atoms with Crippen LogP contribution < -0.4 is 20.1 Å². The van der Waals surface area contributed by atoms with Crippen LogP contribution in [0.25, 0.3) is 0 Å². The van der Waals surface area contributed by atoms with Gasteiger partial charge in [-0.25, -0.2) is 14.4 Å². The van der Waals surface area contributed by atoms with E-state index < -0.39 is 24.2 Å². The molecule has 1 unspecified atom stereocenters. The fourth-order valence-electron chi connectivity index (χ4n) is 3.28. The van der Waals surface area contributed by atoms with E-state index in [0.29, 0.717) is 31.4 Å². The lowest BCUT2D eigenvalue weighted by Gasteiger charge is -2.14. The van der Waals surface area contributed by atoms with Gasteiger partial charge in [0.25, 0.3) is 0 Å². The van der Waals surface area contributed by atoms with Gasteiger partial charge in [0.2, 0.25) is 0 Å². The maximum atomic E-state index is 12.1. The third-order valence-electron chi connectivity index (χ3n) is 5.24. The van der Waals surface area contributed by atoms with Gasteiger partial charge in [-0.05, 0) is 67.5 Å². The summed E-state index contributed by atoms with van der Waals surface area (Å²) in [6, 6.07) is 11.6. The first kappa shape index (κ1) is 32.3. The molecule has 16 nitrogen and oxygen atoms in total. The summed E-state index contributed by atoms with van der Waals surface area (Å²) in [7, 11) is 0. The van der Waals surface area contributed by atoms with Gasteiger partial charge in [0.15, 0.2) is 0 Å². The van der Waals surface area contributed by atoms with E-state index in [9.17, 15) is 19.5 Å². The highest BCUT2D eigenvalue weighted by atomic mass is 17.1. The number of carboxylic acids is 1. The minimum Gasteiger partial charge on any atom is -0.480 e. The van der Waals surface area contributed by atoms with Crippen molar-refractivity contribution >= 4 is 18.2 Å². The zero-order valence-corrected chi connectivity index (χ0v) is 21.3. The molecule has 2 rings (SSSR count). The van der Waals surface area contributed by atoms with Gasteiger partial charge in [0, 0.05) is 6.54 Å². The SMILES string of the molecule is O=C(NCCCCC(NC(=O)Oc1ccc(CCON(O)O)cc1)C(=O)O)Oc1ccc(CCON(O)O)cc1. The van der Waals surface area contributed by atoms with Gasteiger partial charge in [-0.1, -0.05) is 24.3 Å². The summed E-state index contributed by atoms with van der Waals surface area (Å²) < 4.78 is 10.3. The van der Waals surface area contributed by atoms with Crippen LogP contribution in [0.4, 0.5) is 9.59 Å². The molecule has 2 aromatic rings. The number of unbranched alkanes of at least 4 members (excludes halogenated alkanes) is 1. The lowest BCUT2D eigenvalue weighted by Crippen LogP contribution is -2.42. The van der Waals surface area contributed by atoms with E-state index in [1.807, 2.05) is 0 Å². The van der Waals surface area contributed by atoms with Crippen LogP contribution in [0.15, 0.2) is 48.5 Å². The molecule has 7 N–H and O–H groups in total. The largest absolute Gasteiger partial charge is 0.480 e. The Labute approximate surface area is 228 Å². The van der Waals surface area contributed by atoms with Crippen molar-refractivity contribution in [3.63, 3.8) is 0 Å². The molecule has 0 saturated heterocycles. The summed E-state index contributed by atoms with van der Waals surface area (Å²) in [6.45, 7) is 0.266. The third-order valence-corrected chi connectivity index (χ3v) is 5.24. The maximum absolute atomic E-state index is 12.1. The zero-order chi connectivity index (χ0) is 29.3. The molecule has 0 spiro atoms. The quantitative estimate of drug-likeness (QED) is 0.108. The van der Waals surface area contributed by atoms with Crippen LogP contribution >= 0.6 is 0 Å². The minimum absolute atomic E-state index is 0.00868. The van der Waals surface area contributed by atoms with Gasteiger partial charge < -0.3 is 25.2 Å². The lowest BCUT2D eigenvalue weighted by atomic mass is 10.1. The van der Waals surface area contributed by atoms with Crippen LogP contribution in [0.3, 0.4) is 0 Å². The number of rotatable bonds is 17. The summed E-state index contributed by atoms with van der Waals surface area (Å²) in [5, 5.41) is 47.5. The number of nitrogens with one attached hydrogen (secondary N) is 2. The van der Waals surface area contributed by atoms with Crippen molar-refractivity contribution in [1.82, 2.24) is 21.4 Å². The number of ether oxygens (including phenoxy) is 2. The van der Waals surface area contributed by atoms with E-state index in [2.05, 4.69) is 20.3 Å². The molecule has 0 aliphatic carbocycles. The van der Waals surface area contributed by atoms with Gasteiger partial charge in [-0.15, -0.1) is 0 Å². The first-order chi connectivity index (χ1) is 19.1. The van der Waals surface area contributed by atoms with Gasteiger partial charge in [0.05, 0.1) is 24.0 Å². The van der Waals surface area contributed by atoms with E-state index in [1.165, 1.54) is 12.1 Å². The molecule has 0 fully saturated rings. The van der Waals surface area contributed by atoms with Crippen LogP contribution in [0.5, 0.6) is 11.5 Å². The highest BCUT2D eigenvalue weighted by molar-refractivity contribution is 5.80. The fourth-order valence-corrected chi connectivity index (χ4v) is 3.28. The van der Waals surface area contributed by atoms with Crippen molar-refractivity contribution in [2.75, 3.05) is 19.8 Å². The van der Waals surface area contributed by atoms with E-state index in [4.69, 9.17) is 30.3 Å². The third kappa shape index (κ3) is 13.8. The molecule has 0 radical (unpaired) electrons. The number of aliphatic carboxylic acids is 1. The molecule has 40 heavy (non-hydrogen) atoms. The van der Waals surface area contributed by atoms with E-state index in [-0.39, 0.29) is 42.7 Å². The summed E-state index contributed by atoms with van der Waals surface area (Å²) in [5.41, 5.74) is 1.59. The molecule has 0 aliphatic rings. The fraction of sp³-hybridized carbons (Fsp3) is 0.375. The molecule has 0 aromatic heterocycles. The highest BCUT2D eigenvalue weighted by Gasteiger charge is 2.20. The summed E-state index contributed by atoms with van der Waals surface area (Å²) >= 11 is 0. The van der Waals surface area contributed by atoms with Crippen LogP contribution in [0.2, 0.25) is 0 Å². The molecule has 2 amide bonds. The zero-order valence-electron chi connectivity index (χ0n) is 21.3. The topological polar surface area (TPSA) is 220 Å². The molecule has 0 heterocycles. The van der Waals surface area contributed by atoms with Crippen molar-refractivity contribution in [2.24, 2.45) is 0 Å². The first-order valence-electron chi connectivity index (χ1n) is 12.1. The van der Waals surface area contributed by atoms with E-state index >= 15 is 0 Å². The molecule has 0 aliphatic heterocycles. The van der Waals surface area contributed by atoms with Crippen molar-refractivity contribution in [1.29, 1.82) is 0 Å². The lowest BCUT2D eigenvalue weighted by molar-refractivity contribution is -0.492. The first-order valence-corrected chi connectivity index (χ1v) is 12.1. The number of carboxylic acid groups (broad SMARTS) is 1. The van der Waals surface area contributed by atoms with Crippen LogP contribution in [-0.2, 0) is 27.3 Å². The van der Waals surface area contributed by atoms with E-state index in [1.54, 1.807) is 36.4 Å². The van der Waals surface area contributed by atoms with Gasteiger partial charge in [-0.2, -0.15) is 0 Å². The van der Waals surface area contributed by atoms with Crippen LogP contribution in [0, 0.1) is 0 Å². The Kier molecular flexibility index (Phi) is 14.3. The second-order valence-electron chi connectivity index (χ2n) is 8.20. The average Bonchev–Trinajstić information content (AvgIpc) is 2.89. The molecule has 0 saturated carbocycles. The predicted molar refractivity (Wildman–Crippen MR) is 131 cm³/mol. The number of carbonyl (C=O) groups is 3. The molecule has 0 bridgehead atoms. The monoisotopic (exact) mass is 568 g/mol. The van der Waals surface area contributed by atoms with Crippen molar-refractivity contribution in [3.05, 3.63) is 59.7 Å². The average molecular weight is 569 g/mol. The smallest absolute Gasteiger partial charge is 0.413 e. The van der Waals surface area contributed by atoms with Crippen molar-refractivity contribution in [3.8, 4) is 11.5 Å². The predicted octanol–water partition coefficient (Wildman–Crippen LogP) is 2.30. The normalized spacial score (nSPS) is 11.8. The number of hydrogen-bond acceptors (Lipinski definition) is 13. The number of amides is 2. The summed E-state index contributed by atoms with van der Waals surface area (Å²) in [5.74, 6) is -0.755. The highest BCUT2D eigenvalue weighted by Crippen LogP contribution is 2.14. The standard InChI is InChI=1S/C24H32N4O12/c29-22(30)21(26-24(32)40-20-10-6-18(7-11-20)13-16-38-28(35)36)3-1-2-14-25-23(31)39-19-8-4-17(5-9-19)12-15-37-27(33)34/h4-11,21,33-36H,1-3,12-16H2,(H,25,31)(H,26,32)(H,29,30). The summed E-state index contributed by atoms with van der Waals surface area (Å²) in [4.78, 5) is 44.5. The Morgan fingerprint density at radius 1 is 0.725 bits per heavy atom. The molecular weight excluding hydrogens is 536 g/mol. The Hall–Kier alpha value is -3.87. The Morgan fingerprint density at radius 3 is 1.65 bits per heavy atom. The van der Waals surface area contributed by atoms with Crippen LogP contribution in [-0.4, -0.2) is 80.7 Å². The molecule has 1 atom stereocenters. The number of nitrogens with zero attached hydrogens (tertiary/aromatic N) is 2. The van der Waals surface area contributed by atoms with Gasteiger partial charge in [0.1, 0.15) is 17.5 Å². The second-order valence-corrected chi connectivity index (χ2v) is 8.20. The Balaban J connectivity index is 1.65. The number of hydrogen-bond donors (Lipinski definition) is 7. The summed E-state index contributed by atoms with van der Waals surface area (Å²) in [6.07, 6.45) is 0.0348. The van der Waals surface area contributed by atoms with Gasteiger partial charge >= 0.3 is 18.2 Å². The van der Waals surface area contributed by atoms with E-state index in [0.717, 1.165) is 11.1 Å². The Morgan fingerprint density at radius 2 is 1.20 bits per heavy atom. The molecule has 220 valence electrons. The Bertz CT molecular complexity index is 1050. The van der Waals surface area contributed by atoms with Crippen molar-refractivity contribution < 1.29 is 59.5 Å². The maximum Gasteiger partial charge on any atom is 0.413 e. The molecular formula is C24H32N4O12. The number of carbonyl (C=O) groups excluding carboxylic acids is 2. The molecule has 16 heteroatoms. The minimum atomic E-state index is -1.23. The number of benzene rings is 2. The molecule has 2 aromatic carbocycles.